The first kappa shape index (κ1) is 27.3. The molecule has 1 aromatic heterocycles. The van der Waals surface area contributed by atoms with Gasteiger partial charge in [0.2, 0.25) is 5.91 Å². The Morgan fingerprint density at radius 1 is 1.06 bits per heavy atom. The van der Waals surface area contributed by atoms with Crippen LogP contribution in [0.1, 0.15) is 50.9 Å². The van der Waals surface area contributed by atoms with Gasteiger partial charge in [-0.3, -0.25) is 4.79 Å². The van der Waals surface area contributed by atoms with Crippen LogP contribution in [0.25, 0.3) is 0 Å². The Kier molecular flexibility index (Phi) is 9.52. The molecule has 0 N–H and O–H groups in total. The fraction of sp³-hybridized carbons (Fsp3) is 0.370. The van der Waals surface area contributed by atoms with Crippen LogP contribution in [0.15, 0.2) is 70.2 Å². The van der Waals surface area contributed by atoms with Crippen molar-refractivity contribution in [3.8, 4) is 11.5 Å². The number of halogens is 1. The van der Waals surface area contributed by atoms with Crippen molar-refractivity contribution in [1.82, 2.24) is 4.90 Å². The molecule has 0 spiro atoms. The lowest BCUT2D eigenvalue weighted by molar-refractivity contribution is -0.137. The van der Waals surface area contributed by atoms with Crippen LogP contribution in [0.3, 0.4) is 0 Å². The molecule has 7 nitrogen and oxygen atoms in total. The highest BCUT2D eigenvalue weighted by molar-refractivity contribution is 7.87. The van der Waals surface area contributed by atoms with Crippen molar-refractivity contribution in [2.75, 3.05) is 7.11 Å². The first-order valence-electron chi connectivity index (χ1n) is 12.0. The molecule has 0 aliphatic rings. The topological polar surface area (TPSA) is 86.0 Å². The predicted molar refractivity (Wildman–Crippen MR) is 133 cm³/mol. The SMILES string of the molecule is CCCC[C@H](CC)C(=O)N(Cc1ccc(OC)c(OS(=O)(=O)c2ccc(F)cc2)c1)Cc1ccco1. The molecular weight excluding hydrogens is 485 g/mol. The maximum atomic E-state index is 13.5. The number of carbonyl (C=O) groups excluding carboxylic acids is 1. The maximum absolute atomic E-state index is 13.5. The molecule has 194 valence electrons. The molecule has 3 aromatic rings. The fourth-order valence-corrected chi connectivity index (χ4v) is 4.82. The van der Waals surface area contributed by atoms with Crippen molar-refractivity contribution in [2.24, 2.45) is 5.92 Å². The molecule has 0 bridgehead atoms. The highest BCUT2D eigenvalue weighted by atomic mass is 32.2. The zero-order valence-electron chi connectivity index (χ0n) is 20.8. The quantitative estimate of drug-likeness (QED) is 0.261. The molecular formula is C27H32FNO6S. The van der Waals surface area contributed by atoms with E-state index in [-0.39, 0.29) is 41.3 Å². The van der Waals surface area contributed by atoms with E-state index in [9.17, 15) is 17.6 Å². The Bertz CT molecular complexity index is 1230. The molecule has 0 radical (unpaired) electrons. The molecule has 0 unspecified atom stereocenters. The van der Waals surface area contributed by atoms with Crippen molar-refractivity contribution in [2.45, 2.75) is 57.5 Å². The van der Waals surface area contributed by atoms with E-state index >= 15 is 0 Å². The second-order valence-electron chi connectivity index (χ2n) is 8.50. The molecule has 2 aromatic carbocycles. The van der Waals surface area contributed by atoms with Gasteiger partial charge in [0.15, 0.2) is 11.5 Å². The third-order valence-electron chi connectivity index (χ3n) is 5.89. The number of furan rings is 1. The van der Waals surface area contributed by atoms with Crippen molar-refractivity contribution < 1.29 is 30.9 Å². The van der Waals surface area contributed by atoms with Gasteiger partial charge in [-0.15, -0.1) is 0 Å². The highest BCUT2D eigenvalue weighted by Gasteiger charge is 2.25. The zero-order valence-corrected chi connectivity index (χ0v) is 21.6. The van der Waals surface area contributed by atoms with Gasteiger partial charge in [-0.05, 0) is 66.9 Å². The number of rotatable bonds is 13. The lowest BCUT2D eigenvalue weighted by atomic mass is 9.97. The van der Waals surface area contributed by atoms with Gasteiger partial charge in [-0.2, -0.15) is 8.42 Å². The van der Waals surface area contributed by atoms with Crippen LogP contribution in [-0.2, 0) is 28.0 Å². The third-order valence-corrected chi connectivity index (χ3v) is 7.14. The normalized spacial score (nSPS) is 12.2. The average Bonchev–Trinajstić information content (AvgIpc) is 3.37. The summed E-state index contributed by atoms with van der Waals surface area (Å²) in [6.07, 6.45) is 5.05. The minimum atomic E-state index is -4.24. The van der Waals surface area contributed by atoms with Crippen molar-refractivity contribution in [1.29, 1.82) is 0 Å². The summed E-state index contributed by atoms with van der Waals surface area (Å²) in [6.45, 7) is 4.60. The van der Waals surface area contributed by atoms with Crippen LogP contribution in [0.5, 0.6) is 11.5 Å². The van der Waals surface area contributed by atoms with Crippen LogP contribution in [-0.4, -0.2) is 26.3 Å². The van der Waals surface area contributed by atoms with Gasteiger partial charge in [0.05, 0.1) is 19.9 Å². The first-order valence-corrected chi connectivity index (χ1v) is 13.4. The summed E-state index contributed by atoms with van der Waals surface area (Å²) in [4.78, 5) is 15.0. The summed E-state index contributed by atoms with van der Waals surface area (Å²) in [5.41, 5.74) is 0.658. The minimum Gasteiger partial charge on any atom is -0.493 e. The number of carbonyl (C=O) groups is 1. The third kappa shape index (κ3) is 7.10. The number of ether oxygens (including phenoxy) is 1. The summed E-state index contributed by atoms with van der Waals surface area (Å²) in [7, 11) is -2.83. The summed E-state index contributed by atoms with van der Waals surface area (Å²) < 4.78 is 55.0. The average molecular weight is 518 g/mol. The Hall–Kier alpha value is -3.33. The van der Waals surface area contributed by atoms with Gasteiger partial charge >= 0.3 is 10.1 Å². The van der Waals surface area contributed by atoms with Crippen LogP contribution >= 0.6 is 0 Å². The molecule has 36 heavy (non-hydrogen) atoms. The van der Waals surface area contributed by atoms with Crippen molar-refractivity contribution in [3.05, 3.63) is 78.0 Å². The molecule has 0 fully saturated rings. The molecule has 0 aliphatic carbocycles. The predicted octanol–water partition coefficient (Wildman–Crippen LogP) is 5.94. The smallest absolute Gasteiger partial charge is 0.339 e. The lowest BCUT2D eigenvalue weighted by Crippen LogP contribution is -2.35. The standard InChI is InChI=1S/C27H32FNO6S/c1-4-6-8-21(5-2)27(30)29(19-23-9-7-16-34-23)18-20-10-15-25(33-3)26(17-20)35-36(31,32)24-13-11-22(28)12-14-24/h7,9-17,21H,4-6,8,18-19H2,1-3H3/t21-/m0/s1. The Morgan fingerprint density at radius 3 is 2.42 bits per heavy atom. The summed E-state index contributed by atoms with van der Waals surface area (Å²) >= 11 is 0. The number of hydrogen-bond donors (Lipinski definition) is 0. The molecule has 1 atom stereocenters. The number of hydrogen-bond acceptors (Lipinski definition) is 6. The molecule has 9 heteroatoms. The highest BCUT2D eigenvalue weighted by Crippen LogP contribution is 2.32. The number of unbranched alkanes of at least 4 members (excludes halogenated alkanes) is 1. The van der Waals surface area contributed by atoms with E-state index in [0.717, 1.165) is 49.9 Å². The summed E-state index contributed by atoms with van der Waals surface area (Å²) in [5.74, 6) is 0.175. The number of amides is 1. The van der Waals surface area contributed by atoms with E-state index in [1.54, 1.807) is 29.4 Å². The van der Waals surface area contributed by atoms with Crippen LogP contribution < -0.4 is 8.92 Å². The fourth-order valence-electron chi connectivity index (χ4n) is 3.89. The van der Waals surface area contributed by atoms with E-state index in [1.165, 1.54) is 13.2 Å². The van der Waals surface area contributed by atoms with E-state index in [1.807, 2.05) is 13.0 Å². The Morgan fingerprint density at radius 2 is 1.81 bits per heavy atom. The van der Waals surface area contributed by atoms with E-state index < -0.39 is 15.9 Å². The van der Waals surface area contributed by atoms with Gasteiger partial charge < -0.3 is 18.2 Å². The number of methoxy groups -OCH3 is 1. The monoisotopic (exact) mass is 517 g/mol. The van der Waals surface area contributed by atoms with E-state index in [4.69, 9.17) is 13.3 Å². The minimum absolute atomic E-state index is 0.0135. The molecule has 1 amide bonds. The van der Waals surface area contributed by atoms with Gasteiger partial charge in [-0.25, -0.2) is 4.39 Å². The molecule has 0 aliphatic heterocycles. The number of benzene rings is 2. The van der Waals surface area contributed by atoms with Crippen LogP contribution in [0, 0.1) is 11.7 Å². The second kappa shape index (κ2) is 12.6. The largest absolute Gasteiger partial charge is 0.493 e. The molecule has 0 saturated heterocycles. The van der Waals surface area contributed by atoms with Crippen molar-refractivity contribution >= 4 is 16.0 Å². The van der Waals surface area contributed by atoms with Gasteiger partial charge in [0.1, 0.15) is 16.5 Å². The van der Waals surface area contributed by atoms with E-state index in [2.05, 4.69) is 6.92 Å². The summed E-state index contributed by atoms with van der Waals surface area (Å²) in [5, 5.41) is 0. The molecule has 3 rings (SSSR count). The molecule has 0 saturated carbocycles. The van der Waals surface area contributed by atoms with Gasteiger partial charge in [-0.1, -0.05) is 32.8 Å². The van der Waals surface area contributed by atoms with Crippen molar-refractivity contribution in [3.63, 3.8) is 0 Å². The maximum Gasteiger partial charge on any atom is 0.339 e. The Balaban J connectivity index is 1.89. The number of nitrogens with zero attached hydrogens (tertiary/aromatic N) is 1. The van der Waals surface area contributed by atoms with Gasteiger partial charge in [0.25, 0.3) is 0 Å². The second-order valence-corrected chi connectivity index (χ2v) is 10.0. The lowest BCUT2D eigenvalue weighted by Gasteiger charge is -2.27. The zero-order chi connectivity index (χ0) is 26.1. The molecule has 1 heterocycles. The first-order chi connectivity index (χ1) is 17.3. The summed E-state index contributed by atoms with van der Waals surface area (Å²) in [6, 6.07) is 12.8. The van der Waals surface area contributed by atoms with E-state index in [0.29, 0.717) is 11.3 Å². The Labute approximate surface area is 212 Å². The van der Waals surface area contributed by atoms with Gasteiger partial charge in [0, 0.05) is 12.5 Å². The van der Waals surface area contributed by atoms with Crippen LogP contribution in [0.2, 0.25) is 0 Å². The van der Waals surface area contributed by atoms with Crippen LogP contribution in [0.4, 0.5) is 4.39 Å².